The van der Waals surface area contributed by atoms with E-state index < -0.39 is 17.3 Å². The Bertz CT molecular complexity index is 541. The maximum atomic E-state index is 12.9. The highest BCUT2D eigenvalue weighted by molar-refractivity contribution is 5.37. The molecule has 2 heterocycles. The molecule has 1 N–H and O–H groups in total. The summed E-state index contributed by atoms with van der Waals surface area (Å²) in [7, 11) is 2.04. The Kier molecular flexibility index (Phi) is 3.33. The van der Waals surface area contributed by atoms with Crippen molar-refractivity contribution in [2.75, 3.05) is 7.05 Å². The van der Waals surface area contributed by atoms with Crippen LogP contribution >= 0.6 is 0 Å². The van der Waals surface area contributed by atoms with Gasteiger partial charge in [0.05, 0.1) is 11.2 Å². The summed E-state index contributed by atoms with van der Waals surface area (Å²) in [5.41, 5.74) is -0.636. The largest absolute Gasteiger partial charge is 0.416 e. The second-order valence-electron chi connectivity index (χ2n) is 6.52. The summed E-state index contributed by atoms with van der Waals surface area (Å²) in [5, 5.41) is 11.0. The summed E-state index contributed by atoms with van der Waals surface area (Å²) in [5.74, 6) is 0. The molecule has 0 amide bonds. The van der Waals surface area contributed by atoms with E-state index in [9.17, 15) is 18.3 Å². The van der Waals surface area contributed by atoms with Crippen molar-refractivity contribution in [3.05, 3.63) is 34.9 Å². The van der Waals surface area contributed by atoms with Crippen molar-refractivity contribution in [2.45, 2.75) is 56.5 Å². The first-order valence-corrected chi connectivity index (χ1v) is 7.33. The number of halogens is 3. The SMILES string of the molecule is Cc1ccc(C(F)(F)F)cc1C1(O)CC2CCC(C1)N2C. The Morgan fingerprint density at radius 3 is 2.29 bits per heavy atom. The Labute approximate surface area is 122 Å². The molecule has 116 valence electrons. The lowest BCUT2D eigenvalue weighted by Crippen LogP contribution is -2.48. The molecule has 2 aliphatic rings. The number of benzene rings is 1. The third-order valence-electron chi connectivity index (χ3n) is 5.20. The van der Waals surface area contributed by atoms with Crippen molar-refractivity contribution < 1.29 is 18.3 Å². The number of fused-ring (bicyclic) bond motifs is 2. The number of alkyl halides is 3. The van der Waals surface area contributed by atoms with Gasteiger partial charge in [-0.05, 0) is 62.9 Å². The topological polar surface area (TPSA) is 23.5 Å². The van der Waals surface area contributed by atoms with Crippen LogP contribution in [0.5, 0.6) is 0 Å². The zero-order valence-electron chi connectivity index (χ0n) is 12.2. The van der Waals surface area contributed by atoms with Gasteiger partial charge in [-0.3, -0.25) is 0 Å². The lowest BCUT2D eigenvalue weighted by Gasteiger charge is -2.43. The van der Waals surface area contributed by atoms with Crippen molar-refractivity contribution in [3.63, 3.8) is 0 Å². The van der Waals surface area contributed by atoms with Crippen LogP contribution in [0, 0.1) is 6.92 Å². The van der Waals surface area contributed by atoms with E-state index >= 15 is 0 Å². The van der Waals surface area contributed by atoms with Gasteiger partial charge in [-0.2, -0.15) is 13.2 Å². The quantitative estimate of drug-likeness (QED) is 0.858. The predicted octanol–water partition coefficient (Wildman–Crippen LogP) is 3.46. The van der Waals surface area contributed by atoms with Crippen LogP contribution in [0.1, 0.15) is 42.4 Å². The van der Waals surface area contributed by atoms with E-state index in [2.05, 4.69) is 4.90 Å². The fourth-order valence-electron chi connectivity index (χ4n) is 3.96. The fraction of sp³-hybridized carbons (Fsp3) is 0.625. The highest BCUT2D eigenvalue weighted by atomic mass is 19.4. The van der Waals surface area contributed by atoms with Crippen LogP contribution in [0.2, 0.25) is 0 Å². The molecule has 3 rings (SSSR count). The van der Waals surface area contributed by atoms with Gasteiger partial charge in [-0.1, -0.05) is 6.07 Å². The molecule has 2 atom stereocenters. The van der Waals surface area contributed by atoms with Gasteiger partial charge in [0, 0.05) is 12.1 Å². The van der Waals surface area contributed by atoms with Gasteiger partial charge in [0.25, 0.3) is 0 Å². The smallest absolute Gasteiger partial charge is 0.385 e. The standard InChI is InChI=1S/C16H20F3NO/c1-10-3-4-11(16(17,18)19)7-14(10)15(21)8-12-5-6-13(9-15)20(12)2/h3-4,7,12-13,21H,5-6,8-9H2,1-2H3. The van der Waals surface area contributed by atoms with Gasteiger partial charge in [0.2, 0.25) is 0 Å². The van der Waals surface area contributed by atoms with E-state index in [4.69, 9.17) is 0 Å². The highest BCUT2D eigenvalue weighted by Crippen LogP contribution is 2.46. The Balaban J connectivity index is 2.00. The van der Waals surface area contributed by atoms with Crippen LogP contribution in [0.25, 0.3) is 0 Å². The van der Waals surface area contributed by atoms with E-state index in [1.165, 1.54) is 6.07 Å². The zero-order chi connectivity index (χ0) is 15.4. The average molecular weight is 299 g/mol. The van der Waals surface area contributed by atoms with Gasteiger partial charge in [-0.15, -0.1) is 0 Å². The molecule has 0 aromatic heterocycles. The number of piperidine rings is 1. The molecule has 2 aliphatic heterocycles. The van der Waals surface area contributed by atoms with Crippen molar-refractivity contribution in [3.8, 4) is 0 Å². The minimum atomic E-state index is -4.37. The molecule has 5 heteroatoms. The third-order valence-corrected chi connectivity index (χ3v) is 5.20. The lowest BCUT2D eigenvalue weighted by molar-refractivity contribution is -0.137. The van der Waals surface area contributed by atoms with E-state index in [1.807, 2.05) is 7.05 Å². The molecule has 1 aromatic rings. The molecule has 21 heavy (non-hydrogen) atoms. The Morgan fingerprint density at radius 1 is 1.19 bits per heavy atom. The second kappa shape index (κ2) is 4.71. The number of nitrogens with zero attached hydrogens (tertiary/aromatic N) is 1. The third kappa shape index (κ3) is 2.46. The summed E-state index contributed by atoms with van der Waals surface area (Å²) >= 11 is 0. The van der Waals surface area contributed by atoms with Crippen LogP contribution in [-0.2, 0) is 11.8 Å². The molecule has 0 aliphatic carbocycles. The maximum absolute atomic E-state index is 12.9. The van der Waals surface area contributed by atoms with Gasteiger partial charge in [0.15, 0.2) is 0 Å². The molecule has 0 saturated carbocycles. The number of aliphatic hydroxyl groups is 1. The molecule has 0 radical (unpaired) electrons. The summed E-state index contributed by atoms with van der Waals surface area (Å²) in [6.45, 7) is 1.77. The summed E-state index contributed by atoms with van der Waals surface area (Å²) in [4.78, 5) is 2.26. The van der Waals surface area contributed by atoms with E-state index in [0.717, 1.165) is 30.5 Å². The highest BCUT2D eigenvalue weighted by Gasteiger charge is 2.47. The molecule has 0 spiro atoms. The lowest BCUT2D eigenvalue weighted by atomic mass is 9.78. The predicted molar refractivity (Wildman–Crippen MR) is 73.9 cm³/mol. The van der Waals surface area contributed by atoms with E-state index in [-0.39, 0.29) is 12.1 Å². The maximum Gasteiger partial charge on any atom is 0.416 e. The molecule has 2 unspecified atom stereocenters. The minimum Gasteiger partial charge on any atom is -0.385 e. The minimum absolute atomic E-state index is 0.266. The average Bonchev–Trinajstić information content (AvgIpc) is 2.61. The van der Waals surface area contributed by atoms with Crippen LogP contribution < -0.4 is 0 Å². The summed E-state index contributed by atoms with van der Waals surface area (Å²) in [6, 6.07) is 4.23. The Morgan fingerprint density at radius 2 is 1.76 bits per heavy atom. The first-order valence-electron chi connectivity index (χ1n) is 7.33. The summed E-state index contributed by atoms with van der Waals surface area (Å²) < 4.78 is 38.8. The van der Waals surface area contributed by atoms with Crippen LogP contribution in [-0.4, -0.2) is 29.1 Å². The number of hydrogen-bond donors (Lipinski definition) is 1. The fourth-order valence-corrected chi connectivity index (χ4v) is 3.96. The monoisotopic (exact) mass is 299 g/mol. The van der Waals surface area contributed by atoms with Gasteiger partial charge in [-0.25, -0.2) is 0 Å². The number of hydrogen-bond acceptors (Lipinski definition) is 2. The van der Waals surface area contributed by atoms with Crippen molar-refractivity contribution >= 4 is 0 Å². The second-order valence-corrected chi connectivity index (χ2v) is 6.52. The normalized spacial score (nSPS) is 33.4. The summed E-state index contributed by atoms with van der Waals surface area (Å²) in [6.07, 6.45) is -1.31. The molecular weight excluding hydrogens is 279 g/mol. The van der Waals surface area contributed by atoms with Crippen LogP contribution in [0.15, 0.2) is 18.2 Å². The molecule has 2 bridgehead atoms. The number of aryl methyl sites for hydroxylation is 1. The van der Waals surface area contributed by atoms with Gasteiger partial charge >= 0.3 is 6.18 Å². The van der Waals surface area contributed by atoms with Gasteiger partial charge in [0.1, 0.15) is 0 Å². The number of rotatable bonds is 1. The zero-order valence-corrected chi connectivity index (χ0v) is 12.2. The van der Waals surface area contributed by atoms with Crippen molar-refractivity contribution in [1.82, 2.24) is 4.90 Å². The first kappa shape index (κ1) is 14.9. The molecule has 2 saturated heterocycles. The van der Waals surface area contributed by atoms with Crippen LogP contribution in [0.4, 0.5) is 13.2 Å². The molecular formula is C16H20F3NO. The Hall–Kier alpha value is -1.07. The van der Waals surface area contributed by atoms with Crippen LogP contribution in [0.3, 0.4) is 0 Å². The molecule has 2 nitrogen and oxygen atoms in total. The van der Waals surface area contributed by atoms with Gasteiger partial charge < -0.3 is 10.0 Å². The van der Waals surface area contributed by atoms with E-state index in [1.54, 1.807) is 6.92 Å². The molecule has 2 fully saturated rings. The molecule has 1 aromatic carbocycles. The van der Waals surface area contributed by atoms with Crippen molar-refractivity contribution in [1.29, 1.82) is 0 Å². The van der Waals surface area contributed by atoms with Crippen molar-refractivity contribution in [2.24, 2.45) is 0 Å². The van der Waals surface area contributed by atoms with E-state index in [0.29, 0.717) is 18.4 Å². The first-order chi connectivity index (χ1) is 9.71.